The van der Waals surface area contributed by atoms with Crippen molar-refractivity contribution in [3.63, 3.8) is 0 Å². The van der Waals surface area contributed by atoms with Gasteiger partial charge in [0, 0.05) is 25.0 Å². The molecule has 0 radical (unpaired) electrons. The lowest BCUT2D eigenvalue weighted by Gasteiger charge is -2.40. The Labute approximate surface area is 153 Å². The number of carbonyl (C=O) groups is 1. The van der Waals surface area contributed by atoms with E-state index in [4.69, 9.17) is 4.42 Å². The fourth-order valence-electron chi connectivity index (χ4n) is 4.41. The molecule has 2 saturated heterocycles. The number of likely N-dealkylation sites (tertiary alicyclic amines) is 2. The zero-order valence-corrected chi connectivity index (χ0v) is 15.9. The second-order valence-corrected chi connectivity index (χ2v) is 8.65. The molecule has 4 heterocycles. The summed E-state index contributed by atoms with van der Waals surface area (Å²) in [7, 11) is 0. The van der Waals surface area contributed by atoms with Crippen LogP contribution in [0.25, 0.3) is 0 Å². The lowest BCUT2D eigenvalue weighted by molar-refractivity contribution is 0.0661. The van der Waals surface area contributed by atoms with E-state index >= 15 is 0 Å². The minimum Gasteiger partial charge on any atom is -0.465 e. The van der Waals surface area contributed by atoms with Gasteiger partial charge in [0.05, 0.1) is 11.4 Å². The fourth-order valence-corrected chi connectivity index (χ4v) is 5.30. The van der Waals surface area contributed by atoms with Crippen molar-refractivity contribution >= 4 is 17.2 Å². The number of aryl methyl sites for hydroxylation is 2. The number of thiophene rings is 1. The Balaban J connectivity index is 1.42. The van der Waals surface area contributed by atoms with Crippen molar-refractivity contribution in [2.45, 2.75) is 39.7 Å². The highest BCUT2D eigenvalue weighted by Crippen LogP contribution is 2.40. The van der Waals surface area contributed by atoms with Crippen LogP contribution < -0.4 is 0 Å². The van der Waals surface area contributed by atoms with E-state index in [0.29, 0.717) is 0 Å². The van der Waals surface area contributed by atoms with Crippen LogP contribution in [0.5, 0.6) is 0 Å². The van der Waals surface area contributed by atoms with E-state index < -0.39 is 0 Å². The van der Waals surface area contributed by atoms with E-state index in [9.17, 15) is 4.79 Å². The van der Waals surface area contributed by atoms with Crippen LogP contribution in [0.15, 0.2) is 28.0 Å². The Morgan fingerprint density at radius 3 is 2.80 bits per heavy atom. The van der Waals surface area contributed by atoms with Crippen molar-refractivity contribution in [1.29, 1.82) is 0 Å². The minimum atomic E-state index is 0.225. The summed E-state index contributed by atoms with van der Waals surface area (Å²) < 4.78 is 5.75. The van der Waals surface area contributed by atoms with Crippen molar-refractivity contribution < 1.29 is 9.21 Å². The van der Waals surface area contributed by atoms with Crippen LogP contribution in [0.3, 0.4) is 0 Å². The van der Waals surface area contributed by atoms with Gasteiger partial charge < -0.3 is 9.32 Å². The molecule has 0 aliphatic carbocycles. The average molecular weight is 359 g/mol. The molecular formula is C20H26N2O2S. The molecule has 4 nitrogen and oxygen atoms in total. The highest BCUT2D eigenvalue weighted by molar-refractivity contribution is 7.12. The smallest absolute Gasteiger partial charge is 0.264 e. The van der Waals surface area contributed by atoms with Crippen LogP contribution in [0.4, 0.5) is 0 Å². The van der Waals surface area contributed by atoms with Gasteiger partial charge in [-0.05, 0) is 68.8 Å². The van der Waals surface area contributed by atoms with Gasteiger partial charge in [-0.1, -0.05) is 0 Å². The molecule has 1 atom stereocenters. The number of furan rings is 1. The quantitative estimate of drug-likeness (QED) is 0.829. The normalized spacial score (nSPS) is 24.3. The van der Waals surface area contributed by atoms with Gasteiger partial charge in [-0.2, -0.15) is 0 Å². The molecule has 0 aromatic carbocycles. The van der Waals surface area contributed by atoms with Crippen LogP contribution in [-0.2, 0) is 6.54 Å². The fraction of sp³-hybridized carbons (Fsp3) is 0.550. The third-order valence-electron chi connectivity index (χ3n) is 5.70. The molecule has 4 rings (SSSR count). The van der Waals surface area contributed by atoms with Crippen molar-refractivity contribution in [3.8, 4) is 0 Å². The van der Waals surface area contributed by atoms with Crippen molar-refractivity contribution in [2.75, 3.05) is 26.2 Å². The number of rotatable bonds is 3. The second-order valence-electron chi connectivity index (χ2n) is 7.74. The van der Waals surface area contributed by atoms with Gasteiger partial charge in [0.1, 0.15) is 11.5 Å². The third-order valence-corrected chi connectivity index (χ3v) is 6.70. The first-order valence-electron chi connectivity index (χ1n) is 9.16. The number of amides is 1. The van der Waals surface area contributed by atoms with Gasteiger partial charge >= 0.3 is 0 Å². The third kappa shape index (κ3) is 3.40. The van der Waals surface area contributed by atoms with E-state index in [-0.39, 0.29) is 11.3 Å². The van der Waals surface area contributed by atoms with E-state index in [2.05, 4.69) is 15.9 Å². The van der Waals surface area contributed by atoms with E-state index in [0.717, 1.165) is 61.1 Å². The minimum absolute atomic E-state index is 0.225. The predicted molar refractivity (Wildman–Crippen MR) is 100.0 cm³/mol. The Hall–Kier alpha value is -1.59. The first kappa shape index (κ1) is 16.9. The molecular weight excluding hydrogens is 332 g/mol. The first-order valence-corrected chi connectivity index (χ1v) is 10.0. The standard InChI is InChI=1S/C20H26N2O2S/c1-15-6-11-25-18(15)19(23)22-10-8-20(14-22)7-3-9-21(13-20)12-17-5-4-16(2)24-17/h4-6,11H,3,7-10,12-14H2,1-2H3/t20-/m1/s1. The van der Waals surface area contributed by atoms with Crippen LogP contribution in [-0.4, -0.2) is 41.9 Å². The Kier molecular flexibility index (Phi) is 4.46. The van der Waals surface area contributed by atoms with Gasteiger partial charge in [0.25, 0.3) is 5.91 Å². The van der Waals surface area contributed by atoms with Gasteiger partial charge in [-0.25, -0.2) is 0 Å². The first-order chi connectivity index (χ1) is 12.0. The number of piperidine rings is 1. The molecule has 1 spiro atoms. The zero-order chi connectivity index (χ0) is 17.4. The SMILES string of the molecule is Cc1ccc(CN2CCC[C@@]3(CCN(C(=O)c4sccc4C)C3)C2)o1. The van der Waals surface area contributed by atoms with Gasteiger partial charge in [0.2, 0.25) is 0 Å². The summed E-state index contributed by atoms with van der Waals surface area (Å²) in [6.07, 6.45) is 3.56. The van der Waals surface area contributed by atoms with Crippen molar-refractivity contribution in [3.05, 3.63) is 45.5 Å². The molecule has 2 aromatic rings. The zero-order valence-electron chi connectivity index (χ0n) is 15.1. The lowest BCUT2D eigenvalue weighted by Crippen LogP contribution is -2.44. The molecule has 2 aliphatic rings. The number of hydrogen-bond acceptors (Lipinski definition) is 4. The van der Waals surface area contributed by atoms with Gasteiger partial charge in [0.15, 0.2) is 0 Å². The Bertz CT molecular complexity index is 765. The number of nitrogens with zero attached hydrogens (tertiary/aromatic N) is 2. The van der Waals surface area contributed by atoms with E-state index in [1.54, 1.807) is 11.3 Å². The molecule has 0 saturated carbocycles. The van der Waals surface area contributed by atoms with Gasteiger partial charge in [-0.3, -0.25) is 9.69 Å². The molecule has 134 valence electrons. The largest absolute Gasteiger partial charge is 0.465 e. The monoisotopic (exact) mass is 358 g/mol. The van der Waals surface area contributed by atoms with Crippen LogP contribution in [0.2, 0.25) is 0 Å². The molecule has 2 aromatic heterocycles. The molecule has 5 heteroatoms. The maximum atomic E-state index is 12.8. The second kappa shape index (κ2) is 6.61. The highest BCUT2D eigenvalue weighted by Gasteiger charge is 2.43. The summed E-state index contributed by atoms with van der Waals surface area (Å²) in [4.78, 5) is 18.3. The molecule has 25 heavy (non-hydrogen) atoms. The highest BCUT2D eigenvalue weighted by atomic mass is 32.1. The molecule has 2 aliphatic heterocycles. The summed E-state index contributed by atoms with van der Waals surface area (Å²) in [5.74, 6) is 2.25. The molecule has 0 N–H and O–H groups in total. The number of carbonyl (C=O) groups excluding carboxylic acids is 1. The number of hydrogen-bond donors (Lipinski definition) is 0. The maximum absolute atomic E-state index is 12.8. The molecule has 2 fully saturated rings. The van der Waals surface area contributed by atoms with Crippen LogP contribution in [0, 0.1) is 19.3 Å². The van der Waals surface area contributed by atoms with Crippen LogP contribution >= 0.6 is 11.3 Å². The topological polar surface area (TPSA) is 36.7 Å². The van der Waals surface area contributed by atoms with Crippen LogP contribution in [0.1, 0.15) is 46.0 Å². The van der Waals surface area contributed by atoms with Gasteiger partial charge in [-0.15, -0.1) is 11.3 Å². The Morgan fingerprint density at radius 1 is 1.20 bits per heavy atom. The summed E-state index contributed by atoms with van der Waals surface area (Å²) >= 11 is 1.57. The molecule has 0 unspecified atom stereocenters. The van der Waals surface area contributed by atoms with Crippen molar-refractivity contribution in [2.24, 2.45) is 5.41 Å². The van der Waals surface area contributed by atoms with E-state index in [1.807, 2.05) is 31.4 Å². The lowest BCUT2D eigenvalue weighted by atomic mass is 9.79. The average Bonchev–Trinajstić information content (AvgIpc) is 3.29. The summed E-state index contributed by atoms with van der Waals surface area (Å²) in [5.41, 5.74) is 1.37. The Morgan fingerprint density at radius 2 is 2.08 bits per heavy atom. The van der Waals surface area contributed by atoms with E-state index in [1.165, 1.54) is 12.8 Å². The summed E-state index contributed by atoms with van der Waals surface area (Å²) in [5, 5.41) is 2.02. The van der Waals surface area contributed by atoms with Crippen molar-refractivity contribution in [1.82, 2.24) is 9.80 Å². The summed E-state index contributed by atoms with van der Waals surface area (Å²) in [6.45, 7) is 8.89. The predicted octanol–water partition coefficient (Wildman–Crippen LogP) is 4.09. The molecule has 1 amide bonds. The molecule has 0 bridgehead atoms. The summed E-state index contributed by atoms with van der Waals surface area (Å²) in [6, 6.07) is 6.16. The maximum Gasteiger partial charge on any atom is 0.264 e.